The molecular weight excluding hydrogens is 436 g/mol. The molecule has 2 nitrogen and oxygen atoms in total. The van der Waals surface area contributed by atoms with Crippen molar-refractivity contribution < 1.29 is 0 Å². The second-order valence-corrected chi connectivity index (χ2v) is 10.7. The van der Waals surface area contributed by atoms with Crippen LogP contribution in [0.15, 0.2) is 115 Å². The van der Waals surface area contributed by atoms with E-state index in [0.717, 1.165) is 0 Å². The van der Waals surface area contributed by atoms with Crippen LogP contribution in [0.1, 0.15) is 26.3 Å². The van der Waals surface area contributed by atoms with Crippen molar-refractivity contribution in [2.75, 3.05) is 0 Å². The molecule has 2 heteroatoms. The van der Waals surface area contributed by atoms with Crippen molar-refractivity contribution in [3.8, 4) is 11.4 Å². The van der Waals surface area contributed by atoms with E-state index in [0.29, 0.717) is 0 Å². The van der Waals surface area contributed by atoms with Gasteiger partial charge in [-0.3, -0.25) is 0 Å². The third-order valence-electron chi connectivity index (χ3n) is 7.46. The molecule has 7 aromatic rings. The van der Waals surface area contributed by atoms with Gasteiger partial charge in [-0.25, -0.2) is 0 Å². The fourth-order valence-corrected chi connectivity index (χ4v) is 5.69. The highest BCUT2D eigenvalue weighted by Gasteiger charge is 2.18. The molecule has 5 aromatic carbocycles. The summed E-state index contributed by atoms with van der Waals surface area (Å²) in [5.41, 5.74) is 8.74. The number of hydrogen-bond acceptors (Lipinski definition) is 0. The Morgan fingerprint density at radius 2 is 0.861 bits per heavy atom. The molecule has 36 heavy (non-hydrogen) atoms. The summed E-state index contributed by atoms with van der Waals surface area (Å²) in [6, 6.07) is 42.0. The summed E-state index contributed by atoms with van der Waals surface area (Å²) >= 11 is 0. The summed E-state index contributed by atoms with van der Waals surface area (Å²) in [5.74, 6) is 0. The molecule has 0 atom stereocenters. The summed E-state index contributed by atoms with van der Waals surface area (Å²) in [7, 11) is 0. The number of aromatic nitrogens is 2. The second kappa shape index (κ2) is 7.60. The topological polar surface area (TPSA) is 9.86 Å². The summed E-state index contributed by atoms with van der Waals surface area (Å²) in [4.78, 5) is 0. The number of nitrogens with zero attached hydrogens (tertiary/aromatic N) is 2. The first-order chi connectivity index (χ1) is 17.5. The fraction of sp³-hybridized carbons (Fsp3) is 0.118. The minimum atomic E-state index is 0.105. The summed E-state index contributed by atoms with van der Waals surface area (Å²) in [6.07, 6.45) is 0. The van der Waals surface area contributed by atoms with Gasteiger partial charge in [-0.1, -0.05) is 87.5 Å². The lowest BCUT2D eigenvalue weighted by atomic mass is 9.86. The zero-order valence-corrected chi connectivity index (χ0v) is 20.9. The van der Waals surface area contributed by atoms with E-state index in [4.69, 9.17) is 0 Å². The van der Waals surface area contributed by atoms with Crippen LogP contribution >= 0.6 is 0 Å². The molecule has 0 saturated carbocycles. The molecule has 0 unspecified atom stereocenters. The van der Waals surface area contributed by atoms with Crippen LogP contribution in [0.25, 0.3) is 55.0 Å². The molecule has 0 spiro atoms. The van der Waals surface area contributed by atoms with Crippen LogP contribution in [0.2, 0.25) is 0 Å². The first-order valence-electron chi connectivity index (χ1n) is 12.6. The number of benzene rings is 5. The number of hydrogen-bond donors (Lipinski definition) is 0. The fourth-order valence-electron chi connectivity index (χ4n) is 5.69. The number of rotatable bonds is 2. The van der Waals surface area contributed by atoms with Gasteiger partial charge in [-0.15, -0.1) is 0 Å². The summed E-state index contributed by atoms with van der Waals surface area (Å²) in [5, 5.41) is 5.16. The average molecular weight is 465 g/mol. The maximum absolute atomic E-state index is 2.41. The predicted octanol–water partition coefficient (Wildman–Crippen LogP) is 9.18. The van der Waals surface area contributed by atoms with Gasteiger partial charge in [0.1, 0.15) is 0 Å². The van der Waals surface area contributed by atoms with Gasteiger partial charge in [-0.2, -0.15) is 0 Å². The lowest BCUT2D eigenvalue weighted by Crippen LogP contribution is -2.10. The van der Waals surface area contributed by atoms with E-state index in [1.807, 2.05) is 0 Å². The highest BCUT2D eigenvalue weighted by molar-refractivity contribution is 6.10. The number of fused-ring (bicyclic) bond motifs is 6. The minimum Gasteiger partial charge on any atom is -0.309 e. The first-order valence-corrected chi connectivity index (χ1v) is 12.6. The molecule has 0 radical (unpaired) electrons. The van der Waals surface area contributed by atoms with E-state index in [9.17, 15) is 0 Å². The van der Waals surface area contributed by atoms with Gasteiger partial charge in [0.05, 0.1) is 22.1 Å². The third kappa shape index (κ3) is 3.04. The average Bonchev–Trinajstić information content (AvgIpc) is 3.41. The highest BCUT2D eigenvalue weighted by atomic mass is 15.0. The van der Waals surface area contributed by atoms with Crippen LogP contribution < -0.4 is 0 Å². The maximum Gasteiger partial charge on any atom is 0.0541 e. The van der Waals surface area contributed by atoms with Gasteiger partial charge < -0.3 is 9.13 Å². The highest BCUT2D eigenvalue weighted by Crippen LogP contribution is 2.37. The van der Waals surface area contributed by atoms with Crippen molar-refractivity contribution in [3.05, 3.63) is 121 Å². The van der Waals surface area contributed by atoms with Crippen molar-refractivity contribution in [2.45, 2.75) is 26.2 Å². The Morgan fingerprint density at radius 3 is 1.36 bits per heavy atom. The van der Waals surface area contributed by atoms with Crippen molar-refractivity contribution in [3.63, 3.8) is 0 Å². The van der Waals surface area contributed by atoms with Crippen LogP contribution in [-0.2, 0) is 5.41 Å². The molecule has 0 fully saturated rings. The molecular formula is C34H28N2. The van der Waals surface area contributed by atoms with E-state index in [1.165, 1.54) is 60.5 Å². The monoisotopic (exact) mass is 464 g/mol. The van der Waals surface area contributed by atoms with Gasteiger partial charge in [0, 0.05) is 32.9 Å². The van der Waals surface area contributed by atoms with E-state index < -0.39 is 0 Å². The molecule has 0 N–H and O–H groups in total. The van der Waals surface area contributed by atoms with E-state index in [1.54, 1.807) is 0 Å². The van der Waals surface area contributed by atoms with Crippen molar-refractivity contribution in [1.82, 2.24) is 9.13 Å². The molecule has 174 valence electrons. The lowest BCUT2D eigenvalue weighted by Gasteiger charge is -2.19. The zero-order chi connectivity index (χ0) is 24.4. The Balaban J connectivity index is 1.52. The number of para-hydroxylation sites is 3. The van der Waals surface area contributed by atoms with Gasteiger partial charge in [-0.05, 0) is 59.5 Å². The summed E-state index contributed by atoms with van der Waals surface area (Å²) in [6.45, 7) is 6.84. The van der Waals surface area contributed by atoms with E-state index >= 15 is 0 Å². The van der Waals surface area contributed by atoms with Crippen molar-refractivity contribution in [1.29, 1.82) is 0 Å². The van der Waals surface area contributed by atoms with E-state index in [-0.39, 0.29) is 5.41 Å². The van der Waals surface area contributed by atoms with E-state index in [2.05, 4.69) is 145 Å². The Labute approximate surface area is 211 Å². The normalized spacial score (nSPS) is 12.3. The Hall–Kier alpha value is -4.30. The van der Waals surface area contributed by atoms with Crippen molar-refractivity contribution in [2.24, 2.45) is 0 Å². The van der Waals surface area contributed by atoms with Gasteiger partial charge in [0.15, 0.2) is 0 Å². The minimum absolute atomic E-state index is 0.105. The van der Waals surface area contributed by atoms with Crippen molar-refractivity contribution >= 4 is 43.6 Å². The van der Waals surface area contributed by atoms with Crippen LogP contribution in [0, 0.1) is 0 Å². The first kappa shape index (κ1) is 21.0. The zero-order valence-electron chi connectivity index (χ0n) is 20.9. The molecule has 0 aliphatic heterocycles. The Bertz CT molecular complexity index is 1870. The molecule has 7 rings (SSSR count). The van der Waals surface area contributed by atoms with Crippen LogP contribution in [0.5, 0.6) is 0 Å². The molecule has 0 bridgehead atoms. The Kier molecular flexibility index (Phi) is 4.44. The maximum atomic E-state index is 2.41. The molecule has 0 saturated heterocycles. The van der Waals surface area contributed by atoms with Gasteiger partial charge >= 0.3 is 0 Å². The lowest BCUT2D eigenvalue weighted by molar-refractivity contribution is 0.591. The SMILES string of the molecule is CC(C)(C)c1ccc2c(c1)c1ccccc1n2-c1cccc(-n2c3ccccc3c3ccccc32)c1. The smallest absolute Gasteiger partial charge is 0.0541 e. The Morgan fingerprint density at radius 1 is 0.417 bits per heavy atom. The molecule has 0 aliphatic carbocycles. The van der Waals surface area contributed by atoms with Crippen LogP contribution in [0.3, 0.4) is 0 Å². The van der Waals surface area contributed by atoms with Gasteiger partial charge in [0.25, 0.3) is 0 Å². The molecule has 0 aliphatic rings. The second-order valence-electron chi connectivity index (χ2n) is 10.7. The standard InChI is InChI=1S/C34H28N2/c1-34(2,3)23-19-20-33-29(21-23)28-15-6-9-18-32(28)36(33)25-12-10-11-24(22-25)35-30-16-7-4-13-26(30)27-14-5-8-17-31(27)35/h4-22H,1-3H3. The largest absolute Gasteiger partial charge is 0.309 e. The summed E-state index contributed by atoms with van der Waals surface area (Å²) < 4.78 is 4.80. The van der Waals surface area contributed by atoms with Crippen LogP contribution in [0.4, 0.5) is 0 Å². The molecule has 0 amide bonds. The predicted molar refractivity (Wildman–Crippen MR) is 154 cm³/mol. The van der Waals surface area contributed by atoms with Gasteiger partial charge in [0.2, 0.25) is 0 Å². The third-order valence-corrected chi connectivity index (χ3v) is 7.46. The molecule has 2 aromatic heterocycles. The molecule has 2 heterocycles. The van der Waals surface area contributed by atoms with Crippen LogP contribution in [-0.4, -0.2) is 9.13 Å². The quantitative estimate of drug-likeness (QED) is 0.241.